The third-order valence-electron chi connectivity index (χ3n) is 2.61. The van der Waals surface area contributed by atoms with Gasteiger partial charge in [-0.05, 0) is 20.8 Å². The van der Waals surface area contributed by atoms with E-state index in [0.29, 0.717) is 6.04 Å². The number of hydrogen-bond donors (Lipinski definition) is 2. The molecule has 2 heterocycles. The lowest BCUT2D eigenvalue weighted by molar-refractivity contribution is 0.575. The van der Waals surface area contributed by atoms with Crippen molar-refractivity contribution >= 4 is 11.3 Å². The van der Waals surface area contributed by atoms with Gasteiger partial charge in [0, 0.05) is 23.9 Å². The van der Waals surface area contributed by atoms with Crippen LogP contribution in [0.15, 0.2) is 6.33 Å². The summed E-state index contributed by atoms with van der Waals surface area (Å²) in [5.41, 5.74) is 1.13. The van der Waals surface area contributed by atoms with E-state index in [1.54, 1.807) is 11.3 Å². The fourth-order valence-electron chi connectivity index (χ4n) is 1.80. The predicted molar refractivity (Wildman–Crippen MR) is 68.1 cm³/mol. The van der Waals surface area contributed by atoms with Crippen molar-refractivity contribution in [2.45, 2.75) is 33.2 Å². The third-order valence-corrected chi connectivity index (χ3v) is 3.87. The van der Waals surface area contributed by atoms with E-state index < -0.39 is 0 Å². The minimum absolute atomic E-state index is 0.337. The minimum Gasteiger partial charge on any atom is -0.309 e. The van der Waals surface area contributed by atoms with Gasteiger partial charge in [0.25, 0.3) is 0 Å². The molecule has 2 aromatic heterocycles. The Hall–Kier alpha value is -1.27. The molecule has 0 amide bonds. The molecule has 0 bridgehead atoms. The summed E-state index contributed by atoms with van der Waals surface area (Å²) in [6.45, 7) is 7.16. The first-order chi connectivity index (χ1) is 8.16. The van der Waals surface area contributed by atoms with Crippen LogP contribution in [0.2, 0.25) is 0 Å². The Morgan fingerprint density at radius 1 is 1.47 bits per heavy atom. The van der Waals surface area contributed by atoms with Crippen LogP contribution in [0, 0.1) is 13.8 Å². The molecular weight excluding hydrogens is 234 g/mol. The van der Waals surface area contributed by atoms with E-state index in [1.165, 1.54) is 11.2 Å². The number of H-pyrrole nitrogens is 1. The van der Waals surface area contributed by atoms with Gasteiger partial charge in [0.2, 0.25) is 0 Å². The van der Waals surface area contributed by atoms with E-state index >= 15 is 0 Å². The summed E-state index contributed by atoms with van der Waals surface area (Å²) in [5.74, 6) is 0.918. The van der Waals surface area contributed by atoms with E-state index in [2.05, 4.69) is 39.3 Å². The Morgan fingerprint density at radius 3 is 2.88 bits per heavy atom. The van der Waals surface area contributed by atoms with Gasteiger partial charge in [-0.3, -0.25) is 5.10 Å². The average molecular weight is 251 g/mol. The Balaban J connectivity index is 1.85. The number of aromatic amines is 1. The topological polar surface area (TPSA) is 66.5 Å². The zero-order valence-corrected chi connectivity index (χ0v) is 11.1. The maximum atomic E-state index is 4.44. The summed E-state index contributed by atoms with van der Waals surface area (Å²) in [6.07, 6.45) is 2.40. The lowest BCUT2D eigenvalue weighted by atomic mass is 10.2. The van der Waals surface area contributed by atoms with E-state index in [4.69, 9.17) is 0 Å². The smallest absolute Gasteiger partial charge is 0.137 e. The number of hydrogen-bond acceptors (Lipinski definition) is 5. The van der Waals surface area contributed by atoms with E-state index in [9.17, 15) is 0 Å². The first-order valence-corrected chi connectivity index (χ1v) is 6.50. The van der Waals surface area contributed by atoms with Gasteiger partial charge in [0.05, 0.1) is 10.7 Å². The predicted octanol–water partition coefficient (Wildman–Crippen LogP) is 1.77. The molecule has 0 saturated heterocycles. The molecule has 1 atom stereocenters. The summed E-state index contributed by atoms with van der Waals surface area (Å²) in [6, 6.07) is 0.337. The van der Waals surface area contributed by atoms with Gasteiger partial charge in [0.15, 0.2) is 0 Å². The molecule has 6 heteroatoms. The molecule has 0 spiro atoms. The highest BCUT2D eigenvalue weighted by Gasteiger charge is 2.12. The average Bonchev–Trinajstić information content (AvgIpc) is 2.88. The lowest BCUT2D eigenvalue weighted by Crippen LogP contribution is -2.21. The third kappa shape index (κ3) is 3.10. The monoisotopic (exact) mass is 251 g/mol. The first-order valence-electron chi connectivity index (χ1n) is 5.68. The number of aryl methyl sites for hydroxylation is 2. The summed E-state index contributed by atoms with van der Waals surface area (Å²) < 4.78 is 0. The highest BCUT2D eigenvalue weighted by Crippen LogP contribution is 2.24. The fraction of sp³-hybridized carbons (Fsp3) is 0.545. The molecule has 1 unspecified atom stereocenters. The number of nitrogens with zero attached hydrogens (tertiary/aromatic N) is 3. The summed E-state index contributed by atoms with van der Waals surface area (Å²) in [4.78, 5) is 9.85. The molecule has 2 rings (SSSR count). The lowest BCUT2D eigenvalue weighted by Gasteiger charge is -2.11. The van der Waals surface area contributed by atoms with Crippen LogP contribution in [0.4, 0.5) is 0 Å². The molecule has 2 N–H and O–H groups in total. The van der Waals surface area contributed by atoms with Crippen LogP contribution >= 0.6 is 11.3 Å². The van der Waals surface area contributed by atoms with Gasteiger partial charge >= 0.3 is 0 Å². The molecule has 0 aromatic carbocycles. The second-order valence-corrected chi connectivity index (χ2v) is 5.28. The van der Waals surface area contributed by atoms with Crippen molar-refractivity contribution in [3.05, 3.63) is 27.7 Å². The van der Waals surface area contributed by atoms with Crippen LogP contribution in [0.25, 0.3) is 0 Å². The quantitative estimate of drug-likeness (QED) is 0.850. The highest BCUT2D eigenvalue weighted by molar-refractivity contribution is 7.11. The Bertz CT molecular complexity index is 462. The summed E-state index contributed by atoms with van der Waals surface area (Å²) >= 11 is 1.76. The Kier molecular flexibility index (Phi) is 3.86. The normalized spacial score (nSPS) is 12.9. The first kappa shape index (κ1) is 12.2. The molecule has 0 aliphatic heterocycles. The van der Waals surface area contributed by atoms with Crippen LogP contribution in [-0.2, 0) is 6.42 Å². The molecule has 0 saturated carbocycles. The molecule has 5 nitrogen and oxygen atoms in total. The summed E-state index contributed by atoms with van der Waals surface area (Å²) in [5, 5.41) is 11.3. The van der Waals surface area contributed by atoms with Crippen LogP contribution in [0.1, 0.15) is 34.4 Å². The van der Waals surface area contributed by atoms with Crippen molar-refractivity contribution in [2.24, 2.45) is 0 Å². The second kappa shape index (κ2) is 5.37. The number of rotatable bonds is 5. The van der Waals surface area contributed by atoms with Gasteiger partial charge < -0.3 is 5.32 Å². The summed E-state index contributed by atoms with van der Waals surface area (Å²) in [7, 11) is 0. The fourth-order valence-corrected chi connectivity index (χ4v) is 2.75. The molecule has 92 valence electrons. The molecule has 0 aliphatic carbocycles. The van der Waals surface area contributed by atoms with E-state index in [1.807, 2.05) is 6.92 Å². The molecule has 0 radical (unpaired) electrons. The molecule has 0 aliphatic rings. The van der Waals surface area contributed by atoms with Gasteiger partial charge in [-0.15, -0.1) is 11.3 Å². The molecule has 0 fully saturated rings. The van der Waals surface area contributed by atoms with Crippen molar-refractivity contribution in [1.29, 1.82) is 0 Å². The standard InChI is InChI=1S/C11H17N5S/c1-7(11-8(2)15-9(3)17-11)12-5-4-10-13-6-14-16-10/h6-7,12H,4-5H2,1-3H3,(H,13,14,16). The second-order valence-electron chi connectivity index (χ2n) is 4.04. The van der Waals surface area contributed by atoms with Gasteiger partial charge in [-0.1, -0.05) is 0 Å². The Labute approximate surface area is 105 Å². The molecule has 2 aromatic rings. The molecule has 17 heavy (non-hydrogen) atoms. The Morgan fingerprint density at radius 2 is 2.29 bits per heavy atom. The minimum atomic E-state index is 0.337. The van der Waals surface area contributed by atoms with Crippen molar-refractivity contribution in [3.63, 3.8) is 0 Å². The van der Waals surface area contributed by atoms with Gasteiger partial charge in [-0.25, -0.2) is 9.97 Å². The van der Waals surface area contributed by atoms with Crippen LogP contribution < -0.4 is 5.32 Å². The number of thiazole rings is 1. The van der Waals surface area contributed by atoms with Crippen LogP contribution in [-0.4, -0.2) is 26.7 Å². The number of aromatic nitrogens is 4. The largest absolute Gasteiger partial charge is 0.309 e. The maximum Gasteiger partial charge on any atom is 0.137 e. The highest BCUT2D eigenvalue weighted by atomic mass is 32.1. The van der Waals surface area contributed by atoms with Crippen molar-refractivity contribution in [2.75, 3.05) is 6.54 Å². The number of nitrogens with one attached hydrogen (secondary N) is 2. The van der Waals surface area contributed by atoms with E-state index in [0.717, 1.165) is 29.5 Å². The van der Waals surface area contributed by atoms with Crippen LogP contribution in [0.3, 0.4) is 0 Å². The maximum absolute atomic E-state index is 4.44. The van der Waals surface area contributed by atoms with Crippen molar-refractivity contribution in [3.8, 4) is 0 Å². The zero-order valence-electron chi connectivity index (χ0n) is 10.3. The van der Waals surface area contributed by atoms with Gasteiger partial charge in [-0.2, -0.15) is 5.10 Å². The van der Waals surface area contributed by atoms with Crippen molar-refractivity contribution in [1.82, 2.24) is 25.5 Å². The molecular formula is C11H17N5S. The zero-order chi connectivity index (χ0) is 12.3. The van der Waals surface area contributed by atoms with Gasteiger partial charge in [0.1, 0.15) is 12.2 Å². The van der Waals surface area contributed by atoms with Crippen molar-refractivity contribution < 1.29 is 0 Å². The van der Waals surface area contributed by atoms with E-state index in [-0.39, 0.29) is 0 Å². The SMILES string of the molecule is Cc1nc(C)c(C(C)NCCc2ncn[nH]2)s1. The van der Waals surface area contributed by atoms with Crippen LogP contribution in [0.5, 0.6) is 0 Å².